The van der Waals surface area contributed by atoms with Crippen LogP contribution in [-0.4, -0.2) is 15.0 Å². The van der Waals surface area contributed by atoms with E-state index in [9.17, 15) is 0 Å². The molecule has 58 valence electrons. The molecule has 2 N–H and O–H groups in total. The molecule has 7 heteroatoms. The summed E-state index contributed by atoms with van der Waals surface area (Å²) in [5.41, 5.74) is 0. The predicted molar refractivity (Wildman–Crippen MR) is 40.2 cm³/mol. The molecule has 0 spiro atoms. The van der Waals surface area contributed by atoms with Gasteiger partial charge < -0.3 is 22.6 Å². The number of aromatic nitrogens is 3. The van der Waals surface area contributed by atoms with E-state index in [0.717, 1.165) is 0 Å². The number of nitrogens with one attached hydrogen (secondary N) is 2. The zero-order valence-electron chi connectivity index (χ0n) is 4.47. The normalized spacial score (nSPS) is 8.40. The Morgan fingerprint density at radius 2 is 1.90 bits per heavy atom. The summed E-state index contributed by atoms with van der Waals surface area (Å²) in [5, 5.41) is 0.323. The van der Waals surface area contributed by atoms with Crippen molar-refractivity contribution in [3.63, 3.8) is 0 Å². The van der Waals surface area contributed by atoms with Gasteiger partial charge in [-0.2, -0.15) is 0 Å². The first-order valence-corrected chi connectivity index (χ1v) is 3.28. The van der Waals surface area contributed by atoms with Crippen molar-refractivity contribution in [2.24, 2.45) is 0 Å². The van der Waals surface area contributed by atoms with Crippen LogP contribution in [0.15, 0.2) is 5.16 Å². The molecule has 0 radical (unpaired) electrons. The Kier molecular flexibility index (Phi) is 4.50. The number of hydrogen-bond acceptors (Lipinski definition) is 4. The molecule has 10 heavy (non-hydrogen) atoms. The first kappa shape index (κ1) is 10.4. The van der Waals surface area contributed by atoms with Crippen molar-refractivity contribution in [3.05, 3.63) is 9.54 Å². The van der Waals surface area contributed by atoms with Gasteiger partial charge in [-0.3, -0.25) is 0 Å². The number of hydrogen-bond donors (Lipinski definition) is 2. The molecule has 1 rings (SSSR count). The third-order valence-corrected chi connectivity index (χ3v) is 1.23. The number of rotatable bonds is 0. The minimum Gasteiger partial charge on any atom is -0.742 e. The maximum atomic E-state index is 4.70. The molecule has 0 atom stereocenters. The van der Waals surface area contributed by atoms with E-state index in [4.69, 9.17) is 12.2 Å². The zero-order valence-corrected chi connectivity index (χ0v) is 8.41. The van der Waals surface area contributed by atoms with Crippen LogP contribution in [0.25, 0.3) is 0 Å². The Hall–Kier alpha value is 0.410. The van der Waals surface area contributed by atoms with Crippen molar-refractivity contribution in [1.29, 1.82) is 0 Å². The summed E-state index contributed by atoms with van der Waals surface area (Å²) in [6.07, 6.45) is 0. The van der Waals surface area contributed by atoms with E-state index in [1.54, 1.807) is 0 Å². The van der Waals surface area contributed by atoms with Crippen LogP contribution in [0.5, 0.6) is 0 Å². The SMILES string of the molecule is S=c1nc([S-])[nH]c(=S)[nH]1.[Ag+]. The fourth-order valence-electron chi connectivity index (χ4n) is 0.374. The molecule has 0 unspecified atom stereocenters. The average Bonchev–Trinajstić information content (AvgIpc) is 1.59. The summed E-state index contributed by atoms with van der Waals surface area (Å²) >= 11 is 14.0. The molecular weight excluding hydrogens is 282 g/mol. The second kappa shape index (κ2) is 4.32. The molecule has 0 aromatic carbocycles. The maximum absolute atomic E-state index is 4.70. The molecule has 3 nitrogen and oxygen atoms in total. The molecule has 0 saturated carbocycles. The monoisotopic (exact) mass is 283 g/mol. The van der Waals surface area contributed by atoms with Crippen LogP contribution in [0.3, 0.4) is 0 Å². The van der Waals surface area contributed by atoms with Gasteiger partial charge in [-0.05, 0) is 29.6 Å². The van der Waals surface area contributed by atoms with E-state index >= 15 is 0 Å². The van der Waals surface area contributed by atoms with Crippen LogP contribution in [0.2, 0.25) is 0 Å². The summed E-state index contributed by atoms with van der Waals surface area (Å²) in [6.45, 7) is 0. The smallest absolute Gasteiger partial charge is 0.742 e. The first-order chi connectivity index (χ1) is 4.18. The van der Waals surface area contributed by atoms with Crippen molar-refractivity contribution in [2.75, 3.05) is 0 Å². The fourth-order valence-corrected chi connectivity index (χ4v) is 1.14. The topological polar surface area (TPSA) is 44.5 Å². The van der Waals surface area contributed by atoms with Crippen molar-refractivity contribution in [3.8, 4) is 0 Å². The van der Waals surface area contributed by atoms with Gasteiger partial charge >= 0.3 is 22.4 Å². The van der Waals surface area contributed by atoms with Crippen LogP contribution < -0.4 is 0 Å². The summed E-state index contributed by atoms with van der Waals surface area (Å²) < 4.78 is 0.740. The predicted octanol–water partition coefficient (Wildman–Crippen LogP) is 1.10. The van der Waals surface area contributed by atoms with Crippen molar-refractivity contribution in [2.45, 2.75) is 5.16 Å². The molecule has 0 aliphatic rings. The standard InChI is InChI=1S/C3H3N3S3.Ag/c7-1-4-2(8)6-3(9)5-1;/h(H3,4,5,6,7,8,9);/q;+1/p-1. The number of H-pyrrole nitrogens is 2. The van der Waals surface area contributed by atoms with Crippen LogP contribution in [-0.2, 0) is 35.0 Å². The molecule has 1 heterocycles. The Morgan fingerprint density at radius 1 is 1.30 bits per heavy atom. The Balaban J connectivity index is 0.000000810. The van der Waals surface area contributed by atoms with Crippen molar-refractivity contribution < 1.29 is 22.4 Å². The van der Waals surface area contributed by atoms with E-state index in [-0.39, 0.29) is 22.4 Å². The maximum Gasteiger partial charge on any atom is 1.00 e. The van der Waals surface area contributed by atoms with E-state index in [1.807, 2.05) is 0 Å². The second-order valence-corrected chi connectivity index (χ2v) is 2.48. The largest absolute Gasteiger partial charge is 1.00 e. The first-order valence-electron chi connectivity index (χ1n) is 2.06. The van der Waals surface area contributed by atoms with Crippen molar-refractivity contribution >= 4 is 37.1 Å². The van der Waals surface area contributed by atoms with E-state index in [2.05, 4.69) is 39.8 Å². The Bertz CT molecular complexity index is 287. The van der Waals surface area contributed by atoms with Gasteiger partial charge in [0.05, 0.1) is 0 Å². The van der Waals surface area contributed by atoms with Gasteiger partial charge in [-0.15, -0.1) is 0 Å². The molecule has 0 bridgehead atoms. The summed E-state index contributed by atoms with van der Waals surface area (Å²) in [5.74, 6) is 0. The number of nitrogens with zero attached hydrogens (tertiary/aromatic N) is 1. The van der Waals surface area contributed by atoms with Crippen LogP contribution in [0.1, 0.15) is 0 Å². The molecule has 1 aromatic rings. The quantitative estimate of drug-likeness (QED) is 0.425. The minimum absolute atomic E-state index is 0. The molecule has 0 aliphatic heterocycles. The van der Waals surface area contributed by atoms with Crippen LogP contribution in [0.4, 0.5) is 0 Å². The van der Waals surface area contributed by atoms with Gasteiger partial charge in [0.2, 0.25) is 0 Å². The van der Waals surface area contributed by atoms with Crippen molar-refractivity contribution in [1.82, 2.24) is 15.0 Å². The molecule has 1 aromatic heterocycles. The third-order valence-electron chi connectivity index (χ3n) is 0.644. The van der Waals surface area contributed by atoms with Gasteiger partial charge in [0.15, 0.2) is 9.54 Å². The van der Waals surface area contributed by atoms with Crippen LogP contribution >= 0.6 is 24.4 Å². The Labute approximate surface area is 88.6 Å². The Morgan fingerprint density at radius 3 is 2.30 bits per heavy atom. The van der Waals surface area contributed by atoms with E-state index in [0.29, 0.717) is 14.7 Å². The van der Waals surface area contributed by atoms with Gasteiger partial charge in [-0.1, -0.05) is 0 Å². The van der Waals surface area contributed by atoms with E-state index in [1.165, 1.54) is 0 Å². The number of aromatic amines is 2. The van der Waals surface area contributed by atoms with E-state index < -0.39 is 0 Å². The van der Waals surface area contributed by atoms with Gasteiger partial charge in [0, 0.05) is 0 Å². The average molecular weight is 284 g/mol. The molecule has 0 amide bonds. The molecule has 0 saturated heterocycles. The van der Waals surface area contributed by atoms with Gasteiger partial charge in [0.25, 0.3) is 0 Å². The molecule has 0 aliphatic carbocycles. The fraction of sp³-hybridized carbons (Fsp3) is 0. The minimum atomic E-state index is 0. The third kappa shape index (κ3) is 3.00. The zero-order chi connectivity index (χ0) is 6.85. The van der Waals surface area contributed by atoms with Gasteiger partial charge in [0.1, 0.15) is 0 Å². The summed E-state index contributed by atoms with van der Waals surface area (Å²) in [7, 11) is 0. The summed E-state index contributed by atoms with van der Waals surface area (Å²) in [6, 6.07) is 0. The second-order valence-electron chi connectivity index (χ2n) is 1.30. The van der Waals surface area contributed by atoms with Gasteiger partial charge in [-0.25, -0.2) is 4.98 Å². The molecule has 0 fully saturated rings. The van der Waals surface area contributed by atoms with Crippen LogP contribution in [0, 0.1) is 9.54 Å². The molecular formula is C3H2AgN3S3. The summed E-state index contributed by atoms with van der Waals surface area (Å²) in [4.78, 5) is 8.90.